The molecule has 1 aromatic heterocycles. The molecule has 0 aliphatic carbocycles. The van der Waals surface area contributed by atoms with Crippen molar-refractivity contribution in [2.45, 2.75) is 32.7 Å². The van der Waals surface area contributed by atoms with Crippen LogP contribution >= 0.6 is 0 Å². The van der Waals surface area contributed by atoms with Gasteiger partial charge in [0.05, 0.1) is 6.33 Å². The Balaban J connectivity index is 1.57. The van der Waals surface area contributed by atoms with Gasteiger partial charge in [-0.15, -0.1) is 0 Å². The molecule has 1 aliphatic rings. The average molecular weight is 283 g/mol. The first-order valence-electron chi connectivity index (χ1n) is 7.88. The lowest BCUT2D eigenvalue weighted by molar-refractivity contribution is 0.280. The highest BCUT2D eigenvalue weighted by molar-refractivity contribution is 5.24. The number of nitrogens with zero attached hydrogens (tertiary/aromatic N) is 3. The molecule has 112 valence electrons. The molecule has 3 rings (SSSR count). The molecule has 1 fully saturated rings. The van der Waals surface area contributed by atoms with E-state index in [1.54, 1.807) is 0 Å². The van der Waals surface area contributed by atoms with Gasteiger partial charge in [-0.25, -0.2) is 4.98 Å². The maximum atomic E-state index is 4.10. The topological polar surface area (TPSA) is 21.1 Å². The molecular formula is C18H25N3. The second-order valence-corrected chi connectivity index (χ2v) is 6.84. The number of aromatic nitrogens is 2. The third-order valence-corrected chi connectivity index (χ3v) is 4.67. The highest BCUT2D eigenvalue weighted by Gasteiger charge is 2.39. The van der Waals surface area contributed by atoms with Crippen molar-refractivity contribution in [2.75, 3.05) is 19.6 Å². The van der Waals surface area contributed by atoms with Gasteiger partial charge in [0.25, 0.3) is 0 Å². The fourth-order valence-electron chi connectivity index (χ4n) is 3.56. The van der Waals surface area contributed by atoms with Gasteiger partial charge in [-0.2, -0.15) is 0 Å². The standard InChI is InChI=1S/C18H25N3/c1-18(2)14-21(11-6-10-20-12-9-19-15-20)13-17(18)16-7-4-3-5-8-16/h3-5,7-9,12,15,17H,6,10-11,13-14H2,1-2H3/t17-/m0/s1. The van der Waals surface area contributed by atoms with Crippen LogP contribution in [0.25, 0.3) is 0 Å². The second kappa shape index (κ2) is 6.02. The zero-order valence-electron chi connectivity index (χ0n) is 13.1. The maximum absolute atomic E-state index is 4.10. The van der Waals surface area contributed by atoms with E-state index in [2.05, 4.69) is 58.6 Å². The summed E-state index contributed by atoms with van der Waals surface area (Å²) in [4.78, 5) is 6.72. The molecule has 1 aliphatic heterocycles. The number of hydrogen-bond acceptors (Lipinski definition) is 2. The van der Waals surface area contributed by atoms with Crippen LogP contribution in [0.1, 0.15) is 31.7 Å². The summed E-state index contributed by atoms with van der Waals surface area (Å²) in [6.07, 6.45) is 6.99. The summed E-state index contributed by atoms with van der Waals surface area (Å²) >= 11 is 0. The van der Waals surface area contributed by atoms with Gasteiger partial charge in [0, 0.05) is 37.9 Å². The van der Waals surface area contributed by atoms with Crippen LogP contribution in [0.2, 0.25) is 0 Å². The molecule has 2 aromatic rings. The van der Waals surface area contributed by atoms with E-state index in [1.807, 2.05) is 18.7 Å². The van der Waals surface area contributed by atoms with Crippen molar-refractivity contribution < 1.29 is 0 Å². The summed E-state index contributed by atoms with van der Waals surface area (Å²) in [6.45, 7) is 9.41. The maximum Gasteiger partial charge on any atom is 0.0945 e. The minimum atomic E-state index is 0.357. The average Bonchev–Trinajstić information content (AvgIpc) is 3.07. The summed E-state index contributed by atoms with van der Waals surface area (Å²) in [5.41, 5.74) is 1.84. The van der Waals surface area contributed by atoms with Crippen LogP contribution in [-0.4, -0.2) is 34.1 Å². The lowest BCUT2D eigenvalue weighted by Gasteiger charge is -2.26. The quantitative estimate of drug-likeness (QED) is 0.838. The Morgan fingerprint density at radius 1 is 1.19 bits per heavy atom. The molecule has 0 amide bonds. The van der Waals surface area contributed by atoms with Gasteiger partial charge in [-0.3, -0.25) is 0 Å². The molecule has 1 atom stereocenters. The Labute approximate surface area is 127 Å². The summed E-state index contributed by atoms with van der Waals surface area (Å²) in [5.74, 6) is 0.645. The molecular weight excluding hydrogens is 258 g/mol. The van der Waals surface area contributed by atoms with E-state index in [1.165, 1.54) is 31.6 Å². The molecule has 0 N–H and O–H groups in total. The van der Waals surface area contributed by atoms with E-state index in [0.717, 1.165) is 6.54 Å². The largest absolute Gasteiger partial charge is 0.337 e. The molecule has 1 aromatic carbocycles. The Morgan fingerprint density at radius 3 is 2.71 bits per heavy atom. The number of aryl methyl sites for hydroxylation is 1. The summed E-state index contributed by atoms with van der Waals surface area (Å²) in [7, 11) is 0. The van der Waals surface area contributed by atoms with E-state index >= 15 is 0 Å². The van der Waals surface area contributed by atoms with Crippen LogP contribution in [0, 0.1) is 5.41 Å². The molecule has 0 unspecified atom stereocenters. The van der Waals surface area contributed by atoms with Gasteiger partial charge in [-0.05, 0) is 23.9 Å². The molecule has 0 saturated carbocycles. The predicted molar refractivity (Wildman–Crippen MR) is 86.2 cm³/mol. The van der Waals surface area contributed by atoms with E-state index in [9.17, 15) is 0 Å². The first-order valence-corrected chi connectivity index (χ1v) is 7.88. The summed E-state index contributed by atoms with van der Waals surface area (Å²) < 4.78 is 2.16. The Morgan fingerprint density at radius 2 is 2.00 bits per heavy atom. The van der Waals surface area contributed by atoms with Crippen molar-refractivity contribution in [2.24, 2.45) is 5.41 Å². The van der Waals surface area contributed by atoms with Crippen LogP contribution in [0.3, 0.4) is 0 Å². The zero-order valence-corrected chi connectivity index (χ0v) is 13.1. The summed E-state index contributed by atoms with van der Waals surface area (Å²) in [5, 5.41) is 0. The SMILES string of the molecule is CC1(C)CN(CCCn2ccnc2)C[C@H]1c1ccccc1. The Kier molecular flexibility index (Phi) is 4.11. The number of imidazole rings is 1. The lowest BCUT2D eigenvalue weighted by atomic mass is 9.78. The molecule has 21 heavy (non-hydrogen) atoms. The van der Waals surface area contributed by atoms with E-state index in [-0.39, 0.29) is 0 Å². The molecule has 0 bridgehead atoms. The molecule has 1 saturated heterocycles. The lowest BCUT2D eigenvalue weighted by Crippen LogP contribution is -2.25. The highest BCUT2D eigenvalue weighted by atomic mass is 15.2. The second-order valence-electron chi connectivity index (χ2n) is 6.84. The first kappa shape index (κ1) is 14.3. The Bertz CT molecular complexity index is 545. The van der Waals surface area contributed by atoms with Gasteiger partial charge in [0.15, 0.2) is 0 Å². The minimum Gasteiger partial charge on any atom is -0.337 e. The molecule has 2 heterocycles. The predicted octanol–water partition coefficient (Wildman–Crippen LogP) is 3.40. The van der Waals surface area contributed by atoms with Crippen molar-refractivity contribution in [3.63, 3.8) is 0 Å². The summed E-state index contributed by atoms with van der Waals surface area (Å²) in [6, 6.07) is 11.0. The van der Waals surface area contributed by atoms with Crippen molar-refractivity contribution in [3.8, 4) is 0 Å². The van der Waals surface area contributed by atoms with Gasteiger partial charge in [0.1, 0.15) is 0 Å². The number of likely N-dealkylation sites (tertiary alicyclic amines) is 1. The van der Waals surface area contributed by atoms with E-state index in [0.29, 0.717) is 11.3 Å². The highest BCUT2D eigenvalue weighted by Crippen LogP contribution is 2.42. The van der Waals surface area contributed by atoms with Crippen LogP contribution in [0.5, 0.6) is 0 Å². The number of hydrogen-bond donors (Lipinski definition) is 0. The Hall–Kier alpha value is -1.61. The van der Waals surface area contributed by atoms with Gasteiger partial charge in [0.2, 0.25) is 0 Å². The van der Waals surface area contributed by atoms with Crippen LogP contribution < -0.4 is 0 Å². The monoisotopic (exact) mass is 283 g/mol. The van der Waals surface area contributed by atoms with Crippen LogP contribution in [0.15, 0.2) is 49.1 Å². The third-order valence-electron chi connectivity index (χ3n) is 4.67. The fourth-order valence-corrected chi connectivity index (χ4v) is 3.56. The van der Waals surface area contributed by atoms with Crippen LogP contribution in [-0.2, 0) is 6.54 Å². The van der Waals surface area contributed by atoms with Crippen molar-refractivity contribution >= 4 is 0 Å². The van der Waals surface area contributed by atoms with Gasteiger partial charge >= 0.3 is 0 Å². The number of benzene rings is 1. The number of rotatable bonds is 5. The smallest absolute Gasteiger partial charge is 0.0945 e. The van der Waals surface area contributed by atoms with Gasteiger partial charge in [-0.1, -0.05) is 44.2 Å². The normalized spacial score (nSPS) is 21.7. The zero-order chi connectivity index (χ0) is 14.7. The third kappa shape index (κ3) is 3.35. The van der Waals surface area contributed by atoms with Crippen molar-refractivity contribution in [1.82, 2.24) is 14.5 Å². The fraction of sp³-hybridized carbons (Fsp3) is 0.500. The van der Waals surface area contributed by atoms with Crippen molar-refractivity contribution in [3.05, 3.63) is 54.6 Å². The van der Waals surface area contributed by atoms with Gasteiger partial charge < -0.3 is 9.47 Å². The minimum absolute atomic E-state index is 0.357. The van der Waals surface area contributed by atoms with Crippen LogP contribution in [0.4, 0.5) is 0 Å². The molecule has 0 spiro atoms. The van der Waals surface area contributed by atoms with Crippen molar-refractivity contribution in [1.29, 1.82) is 0 Å². The van der Waals surface area contributed by atoms with E-state index in [4.69, 9.17) is 0 Å². The molecule has 0 radical (unpaired) electrons. The molecule has 3 heteroatoms. The first-order chi connectivity index (χ1) is 10.1. The van der Waals surface area contributed by atoms with E-state index < -0.39 is 0 Å². The molecule has 3 nitrogen and oxygen atoms in total.